The topological polar surface area (TPSA) is 89.8 Å². The van der Waals surface area contributed by atoms with E-state index in [0.29, 0.717) is 6.54 Å². The van der Waals surface area contributed by atoms with Crippen LogP contribution < -0.4 is 5.32 Å². The second-order valence-corrected chi connectivity index (χ2v) is 4.40. The number of carbonyl (C=O) groups is 1. The summed E-state index contributed by atoms with van der Waals surface area (Å²) in [6, 6.07) is 10.9. The van der Waals surface area contributed by atoms with Crippen molar-refractivity contribution >= 4 is 5.91 Å². The highest BCUT2D eigenvalue weighted by Crippen LogP contribution is 2.20. The molecule has 20 heavy (non-hydrogen) atoms. The normalized spacial score (nSPS) is 10.2. The molecule has 0 aliphatic heterocycles. The maximum atomic E-state index is 11.9. The largest absolute Gasteiger partial charge is 0.508 e. The molecule has 0 aliphatic carbocycles. The van der Waals surface area contributed by atoms with Crippen molar-refractivity contribution in [2.24, 2.45) is 0 Å². The molecular formula is C15H15NO4. The number of hydrogen-bond donors (Lipinski definition) is 4. The maximum Gasteiger partial charge on any atom is 0.251 e. The lowest BCUT2D eigenvalue weighted by atomic mass is 10.1. The Morgan fingerprint density at radius 1 is 1.00 bits per heavy atom. The van der Waals surface area contributed by atoms with Gasteiger partial charge in [-0.15, -0.1) is 0 Å². The van der Waals surface area contributed by atoms with Crippen LogP contribution in [0.5, 0.6) is 11.5 Å². The molecule has 0 radical (unpaired) electrons. The van der Waals surface area contributed by atoms with E-state index in [1.807, 2.05) is 6.07 Å². The lowest BCUT2D eigenvalue weighted by Crippen LogP contribution is -2.22. The molecule has 0 fully saturated rings. The van der Waals surface area contributed by atoms with Gasteiger partial charge in [0.05, 0.1) is 6.61 Å². The van der Waals surface area contributed by atoms with Crippen molar-refractivity contribution in [1.29, 1.82) is 0 Å². The van der Waals surface area contributed by atoms with Gasteiger partial charge in [0, 0.05) is 18.2 Å². The number of rotatable bonds is 4. The van der Waals surface area contributed by atoms with E-state index in [9.17, 15) is 15.0 Å². The molecule has 0 heterocycles. The third-order valence-corrected chi connectivity index (χ3v) is 2.79. The molecule has 0 saturated carbocycles. The van der Waals surface area contributed by atoms with Gasteiger partial charge < -0.3 is 20.6 Å². The minimum absolute atomic E-state index is 0.0534. The first-order valence-electron chi connectivity index (χ1n) is 6.08. The molecule has 2 rings (SSSR count). The first-order chi connectivity index (χ1) is 9.58. The predicted octanol–water partition coefficient (Wildman–Crippen LogP) is 1.52. The Bertz CT molecular complexity index is 605. The lowest BCUT2D eigenvalue weighted by Gasteiger charge is -2.07. The molecule has 0 spiro atoms. The minimum atomic E-state index is -0.398. The van der Waals surface area contributed by atoms with Crippen molar-refractivity contribution in [3.63, 3.8) is 0 Å². The fraction of sp³-hybridized carbons (Fsp3) is 0.133. The van der Waals surface area contributed by atoms with Crippen molar-refractivity contribution in [2.45, 2.75) is 13.2 Å². The van der Waals surface area contributed by atoms with Crippen LogP contribution >= 0.6 is 0 Å². The molecule has 0 aliphatic rings. The molecule has 0 bridgehead atoms. The summed E-state index contributed by atoms with van der Waals surface area (Å²) < 4.78 is 0. The van der Waals surface area contributed by atoms with Crippen molar-refractivity contribution in [1.82, 2.24) is 5.32 Å². The fourth-order valence-electron chi connectivity index (χ4n) is 1.85. The average molecular weight is 273 g/mol. The van der Waals surface area contributed by atoms with E-state index in [1.54, 1.807) is 18.2 Å². The van der Waals surface area contributed by atoms with E-state index in [1.165, 1.54) is 12.1 Å². The Morgan fingerprint density at radius 3 is 2.30 bits per heavy atom. The third-order valence-electron chi connectivity index (χ3n) is 2.79. The van der Waals surface area contributed by atoms with E-state index >= 15 is 0 Å². The second-order valence-electron chi connectivity index (χ2n) is 4.40. The number of carbonyl (C=O) groups excluding carboxylic acids is 1. The van der Waals surface area contributed by atoms with Gasteiger partial charge in [-0.25, -0.2) is 0 Å². The van der Waals surface area contributed by atoms with Gasteiger partial charge in [-0.2, -0.15) is 0 Å². The van der Waals surface area contributed by atoms with Crippen LogP contribution in [-0.2, 0) is 13.2 Å². The first-order valence-corrected chi connectivity index (χ1v) is 6.08. The summed E-state index contributed by atoms with van der Waals surface area (Å²) in [6.45, 7) is 0.241. The summed E-state index contributed by atoms with van der Waals surface area (Å²) in [4.78, 5) is 11.9. The third kappa shape index (κ3) is 3.49. The standard InChI is InChI=1S/C15H15NO4/c17-9-11-3-1-2-10(4-11)8-16-15(20)12-5-13(18)7-14(19)6-12/h1-7,17-19H,8-9H2,(H,16,20). The van der Waals surface area contributed by atoms with E-state index in [2.05, 4.69) is 5.32 Å². The van der Waals surface area contributed by atoms with Gasteiger partial charge in [0.1, 0.15) is 11.5 Å². The van der Waals surface area contributed by atoms with Gasteiger partial charge in [0.25, 0.3) is 5.91 Å². The highest BCUT2D eigenvalue weighted by Gasteiger charge is 2.08. The Labute approximate surface area is 116 Å². The number of aliphatic hydroxyl groups is 1. The molecule has 0 unspecified atom stereocenters. The van der Waals surface area contributed by atoms with Crippen LogP contribution in [0.4, 0.5) is 0 Å². The van der Waals surface area contributed by atoms with Crippen LogP contribution in [0.2, 0.25) is 0 Å². The van der Waals surface area contributed by atoms with Crippen molar-refractivity contribution in [2.75, 3.05) is 0 Å². The van der Waals surface area contributed by atoms with Gasteiger partial charge >= 0.3 is 0 Å². The first kappa shape index (κ1) is 13.9. The van der Waals surface area contributed by atoms with Gasteiger partial charge in [0.2, 0.25) is 0 Å². The number of amides is 1. The molecule has 0 atom stereocenters. The average Bonchev–Trinajstić information content (AvgIpc) is 2.44. The Hall–Kier alpha value is -2.53. The SMILES string of the molecule is O=C(NCc1cccc(CO)c1)c1cc(O)cc(O)c1. The zero-order valence-electron chi connectivity index (χ0n) is 10.7. The molecule has 1 amide bonds. The number of phenolic OH excluding ortho intramolecular Hbond substituents is 2. The second kappa shape index (κ2) is 6.08. The summed E-state index contributed by atoms with van der Waals surface area (Å²) >= 11 is 0. The van der Waals surface area contributed by atoms with Crippen molar-refractivity contribution in [3.05, 3.63) is 59.2 Å². The number of phenols is 2. The Morgan fingerprint density at radius 2 is 1.65 bits per heavy atom. The molecule has 0 saturated heterocycles. The van der Waals surface area contributed by atoms with Crippen molar-refractivity contribution in [3.8, 4) is 11.5 Å². The van der Waals surface area contributed by atoms with Gasteiger partial charge in [-0.1, -0.05) is 24.3 Å². The summed E-state index contributed by atoms with van der Waals surface area (Å²) in [5, 5.41) is 30.4. The van der Waals surface area contributed by atoms with Gasteiger partial charge in [-0.05, 0) is 23.3 Å². The smallest absolute Gasteiger partial charge is 0.251 e. The van der Waals surface area contributed by atoms with E-state index in [-0.39, 0.29) is 23.7 Å². The zero-order chi connectivity index (χ0) is 14.5. The molecule has 104 valence electrons. The number of aromatic hydroxyl groups is 2. The number of nitrogens with one attached hydrogen (secondary N) is 1. The molecule has 5 heteroatoms. The molecule has 5 nitrogen and oxygen atoms in total. The van der Waals surface area contributed by atoms with Crippen LogP contribution in [0.1, 0.15) is 21.5 Å². The van der Waals surface area contributed by atoms with Crippen LogP contribution in [0.15, 0.2) is 42.5 Å². The van der Waals surface area contributed by atoms with Gasteiger partial charge in [0.15, 0.2) is 0 Å². The molecular weight excluding hydrogens is 258 g/mol. The lowest BCUT2D eigenvalue weighted by molar-refractivity contribution is 0.0950. The summed E-state index contributed by atoms with van der Waals surface area (Å²) in [7, 11) is 0. The minimum Gasteiger partial charge on any atom is -0.508 e. The fourth-order valence-corrected chi connectivity index (χ4v) is 1.85. The quantitative estimate of drug-likeness (QED) is 0.680. The van der Waals surface area contributed by atoms with E-state index < -0.39 is 5.91 Å². The Kier molecular flexibility index (Phi) is 4.22. The highest BCUT2D eigenvalue weighted by molar-refractivity contribution is 5.95. The van der Waals surface area contributed by atoms with Crippen LogP contribution in [0.25, 0.3) is 0 Å². The predicted molar refractivity (Wildman–Crippen MR) is 73.3 cm³/mol. The zero-order valence-corrected chi connectivity index (χ0v) is 10.7. The summed E-state index contributed by atoms with van der Waals surface area (Å²) in [6.07, 6.45) is 0. The van der Waals surface area contributed by atoms with Gasteiger partial charge in [-0.3, -0.25) is 4.79 Å². The van der Waals surface area contributed by atoms with Crippen LogP contribution in [0.3, 0.4) is 0 Å². The molecule has 2 aromatic rings. The van der Waals surface area contributed by atoms with E-state index in [4.69, 9.17) is 5.11 Å². The highest BCUT2D eigenvalue weighted by atomic mass is 16.3. The summed E-state index contributed by atoms with van der Waals surface area (Å²) in [5.41, 5.74) is 1.81. The number of hydrogen-bond acceptors (Lipinski definition) is 4. The maximum absolute atomic E-state index is 11.9. The summed E-state index contributed by atoms with van der Waals surface area (Å²) in [5.74, 6) is -0.736. The monoisotopic (exact) mass is 273 g/mol. The van der Waals surface area contributed by atoms with Crippen molar-refractivity contribution < 1.29 is 20.1 Å². The van der Waals surface area contributed by atoms with E-state index in [0.717, 1.165) is 17.2 Å². The number of aliphatic hydroxyl groups excluding tert-OH is 1. The Balaban J connectivity index is 2.04. The molecule has 0 aromatic heterocycles. The molecule has 2 aromatic carbocycles. The van der Waals surface area contributed by atoms with Crippen LogP contribution in [-0.4, -0.2) is 21.2 Å². The van der Waals surface area contributed by atoms with Crippen LogP contribution in [0, 0.1) is 0 Å². The molecule has 4 N–H and O–H groups in total. The number of benzene rings is 2.